The number of aromatic nitrogens is 2. The van der Waals surface area contributed by atoms with Crippen molar-refractivity contribution in [1.82, 2.24) is 9.38 Å². The molecular formula is C13H9BrCl2N2. The molecular weight excluding hydrogens is 335 g/mol. The lowest BCUT2D eigenvalue weighted by Gasteiger charge is -1.98. The number of benzene rings is 1. The van der Waals surface area contributed by atoms with Crippen LogP contribution in [0, 0.1) is 0 Å². The molecule has 1 aromatic carbocycles. The molecule has 0 bridgehead atoms. The molecule has 0 atom stereocenters. The Morgan fingerprint density at radius 2 is 1.83 bits per heavy atom. The maximum absolute atomic E-state index is 6.00. The molecule has 3 rings (SSSR count). The number of hydrogen-bond acceptors (Lipinski definition) is 1. The van der Waals surface area contributed by atoms with Crippen molar-refractivity contribution in [3.8, 4) is 11.3 Å². The van der Waals surface area contributed by atoms with Crippen LogP contribution in [-0.2, 0) is 0 Å². The minimum Gasteiger partial charge on any atom is -0.306 e. The average Bonchev–Trinajstić information content (AvgIpc) is 2.76. The molecule has 2 aromatic heterocycles. The molecule has 0 aliphatic rings. The van der Waals surface area contributed by atoms with E-state index in [2.05, 4.69) is 4.98 Å². The number of rotatable bonds is 1. The van der Waals surface area contributed by atoms with E-state index < -0.39 is 0 Å². The molecule has 3 aromatic rings. The predicted molar refractivity (Wildman–Crippen MR) is 81.0 cm³/mol. The molecule has 5 heteroatoms. The molecule has 0 aliphatic heterocycles. The van der Waals surface area contributed by atoms with Crippen molar-refractivity contribution in [3.63, 3.8) is 0 Å². The lowest BCUT2D eigenvalue weighted by Crippen LogP contribution is -1.77. The van der Waals surface area contributed by atoms with Crippen molar-refractivity contribution >= 4 is 45.8 Å². The zero-order chi connectivity index (χ0) is 11.8. The summed E-state index contributed by atoms with van der Waals surface area (Å²) in [5.41, 5.74) is 2.76. The Labute approximate surface area is 125 Å². The van der Waals surface area contributed by atoms with Crippen LogP contribution < -0.4 is 0 Å². The zero-order valence-electron chi connectivity index (χ0n) is 9.18. The first-order valence-electron chi connectivity index (χ1n) is 5.13. The highest BCUT2D eigenvalue weighted by Crippen LogP contribution is 2.28. The highest BCUT2D eigenvalue weighted by Gasteiger charge is 2.06. The first-order chi connectivity index (χ1) is 8.24. The number of imidazole rings is 1. The van der Waals surface area contributed by atoms with E-state index in [0.29, 0.717) is 10.0 Å². The number of nitrogens with zero attached hydrogens (tertiary/aromatic N) is 2. The van der Waals surface area contributed by atoms with Crippen molar-refractivity contribution < 1.29 is 0 Å². The number of fused-ring (bicyclic) bond motifs is 1. The van der Waals surface area contributed by atoms with Gasteiger partial charge in [-0.2, -0.15) is 0 Å². The summed E-state index contributed by atoms with van der Waals surface area (Å²) in [6, 6.07) is 11.4. The highest BCUT2D eigenvalue weighted by molar-refractivity contribution is 8.93. The summed E-state index contributed by atoms with van der Waals surface area (Å²) >= 11 is 11.9. The van der Waals surface area contributed by atoms with Crippen LogP contribution in [0.2, 0.25) is 10.0 Å². The van der Waals surface area contributed by atoms with Crippen LogP contribution in [0.3, 0.4) is 0 Å². The minimum atomic E-state index is 0. The third kappa shape index (κ3) is 2.39. The lowest BCUT2D eigenvalue weighted by molar-refractivity contribution is 1.19. The van der Waals surface area contributed by atoms with Crippen LogP contribution in [0.15, 0.2) is 48.8 Å². The summed E-state index contributed by atoms with van der Waals surface area (Å²) in [5, 5.41) is 1.10. The van der Waals surface area contributed by atoms with Gasteiger partial charge < -0.3 is 4.40 Å². The Balaban J connectivity index is 0.00000120. The van der Waals surface area contributed by atoms with E-state index in [-0.39, 0.29) is 17.0 Å². The van der Waals surface area contributed by atoms with Crippen molar-refractivity contribution in [1.29, 1.82) is 0 Å². The first-order valence-corrected chi connectivity index (χ1v) is 5.89. The van der Waals surface area contributed by atoms with E-state index in [9.17, 15) is 0 Å². The molecule has 92 valence electrons. The molecule has 0 amide bonds. The van der Waals surface area contributed by atoms with Crippen LogP contribution in [0.5, 0.6) is 0 Å². The fourth-order valence-corrected chi connectivity index (χ4v) is 2.03. The van der Waals surface area contributed by atoms with Gasteiger partial charge in [0.2, 0.25) is 0 Å². The normalized spacial score (nSPS) is 10.3. The zero-order valence-corrected chi connectivity index (χ0v) is 12.4. The maximum atomic E-state index is 6.00. The Kier molecular flexibility index (Phi) is 3.95. The predicted octanol–water partition coefficient (Wildman–Crippen LogP) is 4.89. The monoisotopic (exact) mass is 342 g/mol. The Morgan fingerprint density at radius 1 is 1.00 bits per heavy atom. The van der Waals surface area contributed by atoms with Crippen LogP contribution in [0.4, 0.5) is 0 Å². The Hall–Kier alpha value is -1.03. The van der Waals surface area contributed by atoms with Crippen molar-refractivity contribution in [2.24, 2.45) is 0 Å². The van der Waals surface area contributed by atoms with Crippen LogP contribution in [0.1, 0.15) is 0 Å². The molecule has 0 radical (unpaired) electrons. The summed E-state index contributed by atoms with van der Waals surface area (Å²) in [5.74, 6) is 0. The van der Waals surface area contributed by atoms with Crippen LogP contribution in [0.25, 0.3) is 16.9 Å². The third-order valence-electron chi connectivity index (χ3n) is 2.58. The van der Waals surface area contributed by atoms with Gasteiger partial charge in [0.05, 0.1) is 15.7 Å². The van der Waals surface area contributed by atoms with E-state index in [0.717, 1.165) is 16.9 Å². The first kappa shape index (κ1) is 13.4. The molecule has 2 nitrogen and oxygen atoms in total. The smallest absolute Gasteiger partial charge is 0.137 e. The van der Waals surface area contributed by atoms with Gasteiger partial charge in [-0.05, 0) is 24.3 Å². The van der Waals surface area contributed by atoms with E-state index in [1.54, 1.807) is 6.07 Å². The molecule has 0 fully saturated rings. The van der Waals surface area contributed by atoms with E-state index in [1.807, 2.05) is 47.1 Å². The standard InChI is InChI=1S/C13H8Cl2N2.BrH/c14-10-5-4-9(7-11(10)15)12-8-17-6-2-1-3-13(17)16-12;/h1-8H;1H. The topological polar surface area (TPSA) is 17.3 Å². The van der Waals surface area contributed by atoms with Crippen molar-refractivity contribution in [3.05, 3.63) is 58.8 Å². The molecule has 2 heterocycles. The molecule has 18 heavy (non-hydrogen) atoms. The average molecular weight is 344 g/mol. The van der Waals surface area contributed by atoms with E-state index in [4.69, 9.17) is 23.2 Å². The van der Waals surface area contributed by atoms with E-state index in [1.165, 1.54) is 0 Å². The second-order valence-electron chi connectivity index (χ2n) is 3.72. The van der Waals surface area contributed by atoms with Gasteiger partial charge >= 0.3 is 0 Å². The van der Waals surface area contributed by atoms with Gasteiger partial charge in [0.15, 0.2) is 0 Å². The quantitative estimate of drug-likeness (QED) is 0.615. The number of hydrogen-bond donors (Lipinski definition) is 0. The molecule has 0 aliphatic carbocycles. The van der Waals surface area contributed by atoms with Gasteiger partial charge in [-0.15, -0.1) is 17.0 Å². The fourth-order valence-electron chi connectivity index (χ4n) is 1.73. The van der Waals surface area contributed by atoms with Crippen LogP contribution in [-0.4, -0.2) is 9.38 Å². The third-order valence-corrected chi connectivity index (χ3v) is 3.32. The van der Waals surface area contributed by atoms with Gasteiger partial charge in [-0.1, -0.05) is 35.3 Å². The molecule has 0 saturated heterocycles. The Morgan fingerprint density at radius 3 is 2.56 bits per heavy atom. The summed E-state index contributed by atoms with van der Waals surface area (Å²) in [7, 11) is 0. The van der Waals surface area contributed by atoms with Crippen molar-refractivity contribution in [2.75, 3.05) is 0 Å². The second kappa shape index (κ2) is 5.31. The van der Waals surface area contributed by atoms with Gasteiger partial charge in [0.25, 0.3) is 0 Å². The Bertz CT molecular complexity index is 661. The highest BCUT2D eigenvalue weighted by atomic mass is 79.9. The van der Waals surface area contributed by atoms with Crippen LogP contribution >= 0.6 is 40.2 Å². The summed E-state index contributed by atoms with van der Waals surface area (Å²) in [4.78, 5) is 4.51. The van der Waals surface area contributed by atoms with Crippen molar-refractivity contribution in [2.45, 2.75) is 0 Å². The lowest BCUT2D eigenvalue weighted by atomic mass is 10.2. The summed E-state index contributed by atoms with van der Waals surface area (Å²) in [6.45, 7) is 0. The van der Waals surface area contributed by atoms with Gasteiger partial charge in [0.1, 0.15) is 5.65 Å². The summed E-state index contributed by atoms with van der Waals surface area (Å²) < 4.78 is 1.97. The molecule has 0 saturated carbocycles. The maximum Gasteiger partial charge on any atom is 0.137 e. The number of pyridine rings is 1. The van der Waals surface area contributed by atoms with E-state index >= 15 is 0 Å². The van der Waals surface area contributed by atoms with Gasteiger partial charge in [0, 0.05) is 18.0 Å². The summed E-state index contributed by atoms with van der Waals surface area (Å²) in [6.07, 6.45) is 3.93. The molecule has 0 spiro atoms. The molecule has 0 N–H and O–H groups in total. The van der Waals surface area contributed by atoms with Gasteiger partial charge in [-0.25, -0.2) is 4.98 Å². The fraction of sp³-hybridized carbons (Fsp3) is 0. The number of halogens is 3. The van der Waals surface area contributed by atoms with Gasteiger partial charge in [-0.3, -0.25) is 0 Å². The molecule has 0 unspecified atom stereocenters. The largest absolute Gasteiger partial charge is 0.306 e. The second-order valence-corrected chi connectivity index (χ2v) is 4.54. The minimum absolute atomic E-state index is 0. The SMILES string of the molecule is Br.Clc1ccc(-c2cn3ccccc3n2)cc1Cl.